The maximum absolute atomic E-state index is 12.0. The Labute approximate surface area is 121 Å². The van der Waals surface area contributed by atoms with Crippen LogP contribution in [0.5, 0.6) is 0 Å². The van der Waals surface area contributed by atoms with Gasteiger partial charge in [-0.3, -0.25) is 19.4 Å². The highest BCUT2D eigenvalue weighted by molar-refractivity contribution is 7.97. The summed E-state index contributed by atoms with van der Waals surface area (Å²) >= 11 is 1.43. The highest BCUT2D eigenvalue weighted by Gasteiger charge is 2.12. The zero-order chi connectivity index (χ0) is 15.4. The molecule has 9 nitrogen and oxygen atoms in total. The predicted molar refractivity (Wildman–Crippen MR) is 77.7 cm³/mol. The van der Waals surface area contributed by atoms with Gasteiger partial charge in [-0.15, -0.1) is 0 Å². The molecule has 0 spiro atoms. The third-order valence-electron chi connectivity index (χ3n) is 2.37. The fourth-order valence-corrected chi connectivity index (χ4v) is 1.93. The maximum atomic E-state index is 12.0. The molecule has 2 rings (SSSR count). The van der Waals surface area contributed by atoms with Gasteiger partial charge in [0.25, 0.3) is 17.0 Å². The smallest absolute Gasteiger partial charge is 0.315 e. The number of aromatic nitrogens is 4. The summed E-state index contributed by atoms with van der Waals surface area (Å²) in [5.41, 5.74) is -2.16. The van der Waals surface area contributed by atoms with Crippen molar-refractivity contribution < 1.29 is 4.79 Å². The van der Waals surface area contributed by atoms with E-state index in [1.165, 1.54) is 11.8 Å². The van der Waals surface area contributed by atoms with Crippen LogP contribution in [0.1, 0.15) is 16.3 Å². The number of carbonyl (C=O) groups is 1. The van der Waals surface area contributed by atoms with Crippen LogP contribution in [0.2, 0.25) is 0 Å². The number of H-pyrrole nitrogens is 3. The summed E-state index contributed by atoms with van der Waals surface area (Å²) in [6.07, 6.45) is 2.89. The zero-order valence-electron chi connectivity index (χ0n) is 10.9. The summed E-state index contributed by atoms with van der Waals surface area (Å²) < 4.78 is 0. The van der Waals surface area contributed by atoms with Crippen molar-refractivity contribution in [3.63, 3.8) is 0 Å². The lowest BCUT2D eigenvalue weighted by atomic mass is 10.3. The van der Waals surface area contributed by atoms with Crippen LogP contribution in [0.25, 0.3) is 0 Å². The molecule has 0 aliphatic heterocycles. The first kappa shape index (κ1) is 14.8. The van der Waals surface area contributed by atoms with Gasteiger partial charge in [-0.2, -0.15) is 11.8 Å². The second kappa shape index (κ2) is 6.22. The van der Waals surface area contributed by atoms with E-state index in [-0.39, 0.29) is 11.4 Å². The van der Waals surface area contributed by atoms with Crippen LogP contribution < -0.4 is 22.1 Å². The van der Waals surface area contributed by atoms with Crippen LogP contribution in [-0.4, -0.2) is 32.1 Å². The molecule has 4 N–H and O–H groups in total. The summed E-state index contributed by atoms with van der Waals surface area (Å²) in [6, 6.07) is 1.03. The molecule has 0 bridgehead atoms. The number of nitrogens with one attached hydrogen (secondary N) is 4. The Hall–Kier alpha value is -2.62. The van der Waals surface area contributed by atoms with Gasteiger partial charge < -0.3 is 15.3 Å². The first-order valence-electron chi connectivity index (χ1n) is 5.72. The molecule has 0 saturated heterocycles. The lowest BCUT2D eigenvalue weighted by Crippen LogP contribution is -2.27. The van der Waals surface area contributed by atoms with Gasteiger partial charge in [0.2, 0.25) is 0 Å². The molecule has 2 aromatic rings. The molecule has 0 aliphatic carbocycles. The highest BCUT2D eigenvalue weighted by atomic mass is 32.2. The van der Waals surface area contributed by atoms with Crippen molar-refractivity contribution in [3.05, 3.63) is 55.0 Å². The van der Waals surface area contributed by atoms with Crippen LogP contribution in [0.15, 0.2) is 26.6 Å². The van der Waals surface area contributed by atoms with Crippen molar-refractivity contribution in [1.29, 1.82) is 0 Å². The fourth-order valence-electron chi connectivity index (χ4n) is 1.52. The largest absolute Gasteiger partial charge is 0.325 e. The minimum Gasteiger partial charge on any atom is -0.315 e. The minimum absolute atomic E-state index is 0.117. The summed E-state index contributed by atoms with van der Waals surface area (Å²) in [4.78, 5) is 56.5. The van der Waals surface area contributed by atoms with E-state index in [0.717, 1.165) is 12.3 Å². The molecule has 21 heavy (non-hydrogen) atoms. The molecule has 2 heterocycles. The third-order valence-corrected chi connectivity index (χ3v) is 2.93. The Morgan fingerprint density at radius 1 is 1.33 bits per heavy atom. The molecule has 1 amide bonds. The van der Waals surface area contributed by atoms with Gasteiger partial charge in [-0.05, 0) is 6.26 Å². The Balaban J connectivity index is 2.30. The number of nitrogens with zero attached hydrogens (tertiary/aromatic N) is 1. The quantitative estimate of drug-likeness (QED) is 0.586. The molecule has 10 heteroatoms. The van der Waals surface area contributed by atoms with E-state index in [2.05, 4.69) is 20.3 Å². The first-order valence-corrected chi connectivity index (χ1v) is 7.11. The number of carbonyl (C=O) groups excluding carboxylic acids is 1. The van der Waals surface area contributed by atoms with E-state index in [0.29, 0.717) is 11.6 Å². The maximum Gasteiger partial charge on any atom is 0.325 e. The number of hydrogen-bond acceptors (Lipinski definition) is 6. The second-order valence-electron chi connectivity index (χ2n) is 3.95. The van der Waals surface area contributed by atoms with E-state index >= 15 is 0 Å². The van der Waals surface area contributed by atoms with Gasteiger partial charge in [0.15, 0.2) is 0 Å². The molecule has 0 saturated carbocycles. The Morgan fingerprint density at radius 2 is 2.10 bits per heavy atom. The van der Waals surface area contributed by atoms with Gasteiger partial charge in [-0.1, -0.05) is 0 Å². The fraction of sp³-hybridized carbons (Fsp3) is 0.182. The molecular weight excluding hydrogens is 298 g/mol. The third kappa shape index (κ3) is 3.69. The predicted octanol–water partition coefficient (Wildman–Crippen LogP) is -0.738. The second-order valence-corrected chi connectivity index (χ2v) is 4.82. The van der Waals surface area contributed by atoms with Crippen molar-refractivity contribution in [3.8, 4) is 0 Å². The Kier molecular flexibility index (Phi) is 4.38. The summed E-state index contributed by atoms with van der Waals surface area (Å²) in [7, 11) is 0. The van der Waals surface area contributed by atoms with Gasteiger partial charge in [-0.25, -0.2) is 9.78 Å². The monoisotopic (exact) mass is 309 g/mol. The normalized spacial score (nSPS) is 10.3. The van der Waals surface area contributed by atoms with Crippen molar-refractivity contribution in [2.75, 3.05) is 11.6 Å². The van der Waals surface area contributed by atoms with E-state index in [9.17, 15) is 19.2 Å². The topological polar surface area (TPSA) is 141 Å². The lowest BCUT2D eigenvalue weighted by Gasteiger charge is -2.04. The lowest BCUT2D eigenvalue weighted by molar-refractivity contribution is 0.102. The standard InChI is InChI=1S/C11H11N5O4S/c1-21-4-7-13-5(2-8(17)15-7)9(18)14-6-3-12-11(20)16-10(6)19/h2-3H,4H2,1H3,(H,14,18)(H,13,15,17)(H2,12,16,19,20). The van der Waals surface area contributed by atoms with E-state index in [1.54, 1.807) is 0 Å². The van der Waals surface area contributed by atoms with Crippen molar-refractivity contribution in [1.82, 2.24) is 19.9 Å². The minimum atomic E-state index is -0.749. The summed E-state index contributed by atoms with van der Waals surface area (Å²) in [5.74, 6) is 0.0758. The van der Waals surface area contributed by atoms with Gasteiger partial charge in [0, 0.05) is 12.3 Å². The van der Waals surface area contributed by atoms with Crippen molar-refractivity contribution in [2.45, 2.75) is 5.75 Å². The number of amides is 1. The average Bonchev–Trinajstić information content (AvgIpc) is 2.41. The number of anilines is 1. The van der Waals surface area contributed by atoms with Crippen LogP contribution in [0.4, 0.5) is 5.69 Å². The van der Waals surface area contributed by atoms with Crippen LogP contribution in [0.3, 0.4) is 0 Å². The van der Waals surface area contributed by atoms with E-state index < -0.39 is 22.7 Å². The average molecular weight is 309 g/mol. The van der Waals surface area contributed by atoms with E-state index in [4.69, 9.17) is 0 Å². The molecule has 0 aromatic carbocycles. The molecular formula is C11H11N5O4S. The van der Waals surface area contributed by atoms with Crippen LogP contribution in [-0.2, 0) is 5.75 Å². The SMILES string of the molecule is CSCc1nc(C(=O)Nc2c[nH]c(=O)[nH]c2=O)cc(=O)[nH]1. The number of thioether (sulfide) groups is 1. The number of hydrogen-bond donors (Lipinski definition) is 4. The summed E-state index contributed by atoms with van der Waals surface area (Å²) in [6.45, 7) is 0. The highest BCUT2D eigenvalue weighted by Crippen LogP contribution is 2.04. The van der Waals surface area contributed by atoms with Crippen LogP contribution in [0, 0.1) is 0 Å². The first-order chi connectivity index (χ1) is 9.99. The van der Waals surface area contributed by atoms with Gasteiger partial charge >= 0.3 is 5.69 Å². The van der Waals surface area contributed by atoms with Crippen LogP contribution >= 0.6 is 11.8 Å². The van der Waals surface area contributed by atoms with Crippen molar-refractivity contribution in [2.24, 2.45) is 0 Å². The molecule has 0 atom stereocenters. The Bertz CT molecular complexity index is 837. The molecule has 0 aliphatic rings. The van der Waals surface area contributed by atoms with Gasteiger partial charge in [0.1, 0.15) is 17.2 Å². The zero-order valence-corrected chi connectivity index (χ0v) is 11.7. The Morgan fingerprint density at radius 3 is 2.76 bits per heavy atom. The summed E-state index contributed by atoms with van der Waals surface area (Å²) in [5, 5.41) is 2.28. The van der Waals surface area contributed by atoms with E-state index in [1.807, 2.05) is 11.2 Å². The molecule has 0 unspecified atom stereocenters. The van der Waals surface area contributed by atoms with Crippen molar-refractivity contribution >= 4 is 23.4 Å². The van der Waals surface area contributed by atoms with Gasteiger partial charge in [0.05, 0.1) is 5.75 Å². The molecule has 110 valence electrons. The molecule has 0 fully saturated rings. The number of aromatic amines is 3. The number of rotatable bonds is 4. The molecule has 2 aromatic heterocycles. The molecule has 0 radical (unpaired) electrons.